The third kappa shape index (κ3) is 3.02. The number of methoxy groups -OCH3 is 1. The minimum atomic E-state index is -4.60. The minimum Gasteiger partial charge on any atom is -0.495 e. The van der Waals surface area contributed by atoms with Gasteiger partial charge in [-0.3, -0.25) is 0 Å². The van der Waals surface area contributed by atoms with E-state index < -0.39 is 30.1 Å². The molecule has 0 radical (unpaired) electrons. The molecule has 0 aliphatic carbocycles. The monoisotopic (exact) mass is 269 g/mol. The van der Waals surface area contributed by atoms with Crippen LogP contribution in [0.2, 0.25) is 5.02 Å². The van der Waals surface area contributed by atoms with Crippen LogP contribution in [0.1, 0.15) is 17.2 Å². The summed E-state index contributed by atoms with van der Waals surface area (Å²) < 4.78 is 42.8. The minimum absolute atomic E-state index is 0.102. The summed E-state index contributed by atoms with van der Waals surface area (Å²) in [6, 6.07) is 1.15. The molecule has 96 valence electrons. The summed E-state index contributed by atoms with van der Waals surface area (Å²) in [6.45, 7) is -0.472. The summed E-state index contributed by atoms with van der Waals surface area (Å²) in [5.74, 6) is -0.451. The predicted octanol–water partition coefficient (Wildman–Crippen LogP) is 2.36. The summed E-state index contributed by atoms with van der Waals surface area (Å²) in [6.07, 6.45) is -4.60. The van der Waals surface area contributed by atoms with Crippen LogP contribution in [0.5, 0.6) is 5.75 Å². The summed E-state index contributed by atoms with van der Waals surface area (Å²) in [7, 11) is 1.10. The van der Waals surface area contributed by atoms with Crippen molar-refractivity contribution >= 4 is 11.6 Å². The van der Waals surface area contributed by atoms with Crippen molar-refractivity contribution in [1.29, 1.82) is 0 Å². The van der Waals surface area contributed by atoms with Gasteiger partial charge in [0.1, 0.15) is 5.75 Å². The van der Waals surface area contributed by atoms with Gasteiger partial charge in [-0.05, 0) is 17.7 Å². The Balaban J connectivity index is 3.39. The Morgan fingerprint density at radius 3 is 2.47 bits per heavy atom. The van der Waals surface area contributed by atoms with Crippen LogP contribution in [0, 0.1) is 0 Å². The highest BCUT2D eigenvalue weighted by molar-refractivity contribution is 6.32. The predicted molar refractivity (Wildman–Crippen MR) is 57.0 cm³/mol. The van der Waals surface area contributed by atoms with Gasteiger partial charge in [0.2, 0.25) is 0 Å². The third-order valence-electron chi connectivity index (χ3n) is 2.20. The van der Waals surface area contributed by atoms with Crippen molar-refractivity contribution in [1.82, 2.24) is 0 Å². The van der Waals surface area contributed by atoms with Crippen LogP contribution >= 0.6 is 11.6 Å². The maximum absolute atomic E-state index is 12.7. The van der Waals surface area contributed by atoms with E-state index in [2.05, 4.69) is 4.74 Å². The molecule has 1 unspecified atom stereocenters. The van der Waals surface area contributed by atoms with Gasteiger partial charge in [0.05, 0.1) is 30.3 Å². The van der Waals surface area contributed by atoms with Gasteiger partial charge in [-0.25, -0.2) is 0 Å². The topological polar surface area (TPSA) is 55.5 Å². The molecule has 1 atom stereocenters. The molecule has 17 heavy (non-hydrogen) atoms. The zero-order valence-corrected chi connectivity index (χ0v) is 9.64. The van der Waals surface area contributed by atoms with Gasteiger partial charge in [0.25, 0.3) is 0 Å². The first-order valence-corrected chi connectivity index (χ1v) is 5.00. The molecule has 0 spiro atoms. The average Bonchev–Trinajstić information content (AvgIpc) is 2.25. The molecule has 7 heteroatoms. The maximum Gasteiger partial charge on any atom is 0.420 e. The van der Waals surface area contributed by atoms with Crippen LogP contribution in [0.3, 0.4) is 0 Å². The largest absolute Gasteiger partial charge is 0.495 e. The number of ether oxygens (including phenoxy) is 1. The lowest BCUT2D eigenvalue weighted by atomic mass is 10.0. The van der Waals surface area contributed by atoms with E-state index in [1.807, 2.05) is 0 Å². The van der Waals surface area contributed by atoms with Crippen LogP contribution in [0.4, 0.5) is 13.2 Å². The first-order chi connectivity index (χ1) is 7.81. The Hall–Kier alpha value is -0.980. The summed E-state index contributed by atoms with van der Waals surface area (Å²) in [4.78, 5) is 0. The van der Waals surface area contributed by atoms with Gasteiger partial charge in [-0.1, -0.05) is 11.6 Å². The highest BCUT2D eigenvalue weighted by Crippen LogP contribution is 2.41. The van der Waals surface area contributed by atoms with Crippen LogP contribution in [0.25, 0.3) is 0 Å². The van der Waals surface area contributed by atoms with Crippen LogP contribution in [0.15, 0.2) is 12.1 Å². The van der Waals surface area contributed by atoms with E-state index in [-0.39, 0.29) is 10.6 Å². The summed E-state index contributed by atoms with van der Waals surface area (Å²) >= 11 is 5.68. The molecule has 3 N–H and O–H groups in total. The van der Waals surface area contributed by atoms with Crippen molar-refractivity contribution in [3.8, 4) is 5.75 Å². The molecule has 0 aliphatic rings. The Morgan fingerprint density at radius 1 is 1.47 bits per heavy atom. The average molecular weight is 270 g/mol. The fourth-order valence-corrected chi connectivity index (χ4v) is 1.66. The number of hydrogen-bond acceptors (Lipinski definition) is 3. The van der Waals surface area contributed by atoms with E-state index in [4.69, 9.17) is 22.4 Å². The zero-order chi connectivity index (χ0) is 13.2. The van der Waals surface area contributed by atoms with Gasteiger partial charge in [-0.15, -0.1) is 0 Å². The van der Waals surface area contributed by atoms with E-state index in [0.29, 0.717) is 0 Å². The molecule has 0 aromatic heterocycles. The highest BCUT2D eigenvalue weighted by Gasteiger charge is 2.36. The molecule has 0 bridgehead atoms. The Kier molecular flexibility index (Phi) is 4.24. The molecule has 0 aliphatic heterocycles. The Bertz CT molecular complexity index is 409. The van der Waals surface area contributed by atoms with Crippen molar-refractivity contribution in [2.45, 2.75) is 12.2 Å². The number of hydrogen-bond donors (Lipinski definition) is 2. The van der Waals surface area contributed by atoms with Crippen molar-refractivity contribution in [2.75, 3.05) is 13.7 Å². The number of halogens is 4. The fourth-order valence-electron chi connectivity index (χ4n) is 1.35. The van der Waals surface area contributed by atoms with Gasteiger partial charge >= 0.3 is 6.18 Å². The van der Waals surface area contributed by atoms with Crippen molar-refractivity contribution in [3.63, 3.8) is 0 Å². The molecule has 1 aromatic carbocycles. The SMILES string of the molecule is COc1c(Cl)cc(C(N)CO)cc1C(F)(F)F. The molecule has 0 saturated heterocycles. The van der Waals surface area contributed by atoms with Gasteiger partial charge in [0, 0.05) is 0 Å². The molecule has 0 saturated carbocycles. The van der Waals surface area contributed by atoms with E-state index in [1.54, 1.807) is 0 Å². The standard InChI is InChI=1S/C10H11ClF3NO2/c1-17-9-6(10(12,13)14)2-5(3-7(9)11)8(15)4-16/h2-3,8,16H,4,15H2,1H3. The molecule has 0 heterocycles. The zero-order valence-electron chi connectivity index (χ0n) is 8.88. The van der Waals surface area contributed by atoms with Crippen molar-refractivity contribution < 1.29 is 23.0 Å². The number of aliphatic hydroxyl groups is 1. The fraction of sp³-hybridized carbons (Fsp3) is 0.400. The summed E-state index contributed by atoms with van der Waals surface area (Å²) in [5.41, 5.74) is 4.54. The quantitative estimate of drug-likeness (QED) is 0.886. The molecular weight excluding hydrogens is 259 g/mol. The number of benzene rings is 1. The second-order valence-corrected chi connectivity index (χ2v) is 3.78. The molecule has 3 nitrogen and oxygen atoms in total. The molecule has 0 amide bonds. The van der Waals surface area contributed by atoms with Crippen LogP contribution < -0.4 is 10.5 Å². The van der Waals surface area contributed by atoms with Crippen LogP contribution in [-0.4, -0.2) is 18.8 Å². The van der Waals surface area contributed by atoms with Crippen molar-refractivity contribution in [2.24, 2.45) is 5.73 Å². The van der Waals surface area contributed by atoms with Crippen molar-refractivity contribution in [3.05, 3.63) is 28.3 Å². The number of aliphatic hydroxyl groups excluding tert-OH is 1. The smallest absolute Gasteiger partial charge is 0.420 e. The number of rotatable bonds is 3. The van der Waals surface area contributed by atoms with Gasteiger partial charge in [0.15, 0.2) is 0 Å². The van der Waals surface area contributed by atoms with Crippen LogP contribution in [-0.2, 0) is 6.18 Å². The van der Waals surface area contributed by atoms with E-state index in [9.17, 15) is 13.2 Å². The highest BCUT2D eigenvalue weighted by atomic mass is 35.5. The number of alkyl halides is 3. The first-order valence-electron chi connectivity index (χ1n) is 4.62. The Morgan fingerprint density at radius 2 is 2.06 bits per heavy atom. The summed E-state index contributed by atoms with van der Waals surface area (Å²) in [5, 5.41) is 8.63. The lowest BCUT2D eigenvalue weighted by Gasteiger charge is -2.17. The second kappa shape index (κ2) is 5.12. The maximum atomic E-state index is 12.7. The van der Waals surface area contributed by atoms with E-state index >= 15 is 0 Å². The normalized spacial score (nSPS) is 13.6. The van der Waals surface area contributed by atoms with Gasteiger partial charge in [-0.2, -0.15) is 13.2 Å². The van der Waals surface area contributed by atoms with E-state index in [0.717, 1.165) is 13.2 Å². The molecule has 0 fully saturated rings. The van der Waals surface area contributed by atoms with Gasteiger partial charge < -0.3 is 15.6 Å². The number of nitrogens with two attached hydrogens (primary N) is 1. The lowest BCUT2D eigenvalue weighted by Crippen LogP contribution is -2.16. The first kappa shape index (κ1) is 14.1. The molecule has 1 rings (SSSR count). The third-order valence-corrected chi connectivity index (χ3v) is 2.48. The molecule has 1 aromatic rings. The second-order valence-electron chi connectivity index (χ2n) is 3.37. The molecular formula is C10H11ClF3NO2. The lowest BCUT2D eigenvalue weighted by molar-refractivity contribution is -0.138. The van der Waals surface area contributed by atoms with E-state index in [1.165, 1.54) is 6.07 Å². The Labute approximate surface area is 101 Å².